The first-order valence-corrected chi connectivity index (χ1v) is 5.91. The lowest BCUT2D eigenvalue weighted by molar-refractivity contribution is 0.254. The van der Waals surface area contributed by atoms with Crippen molar-refractivity contribution in [2.24, 2.45) is 0 Å². The maximum absolute atomic E-state index is 11.1. The Balaban J connectivity index is 2.40. The van der Waals surface area contributed by atoms with Crippen LogP contribution in [-0.2, 0) is 0 Å². The van der Waals surface area contributed by atoms with Gasteiger partial charge in [-0.3, -0.25) is 5.32 Å². The SMILES string of the molecule is CNC(=O)Nc1nc2cc(Cl)c(Cl)cc2s1. The number of urea groups is 1. The fourth-order valence-electron chi connectivity index (χ4n) is 1.14. The average molecular weight is 276 g/mol. The van der Waals surface area contributed by atoms with Gasteiger partial charge in [-0.15, -0.1) is 0 Å². The molecule has 0 saturated heterocycles. The third kappa shape index (κ3) is 2.21. The molecule has 0 radical (unpaired) electrons. The van der Waals surface area contributed by atoms with Crippen molar-refractivity contribution in [1.82, 2.24) is 10.3 Å². The number of hydrogen-bond donors (Lipinski definition) is 2. The molecule has 0 fully saturated rings. The van der Waals surface area contributed by atoms with E-state index in [0.717, 1.165) is 4.70 Å². The largest absolute Gasteiger partial charge is 0.341 e. The highest BCUT2D eigenvalue weighted by Crippen LogP contribution is 2.32. The van der Waals surface area contributed by atoms with Crippen LogP contribution in [0.2, 0.25) is 10.0 Å². The summed E-state index contributed by atoms with van der Waals surface area (Å²) < 4.78 is 0.876. The molecular formula is C9H7Cl2N3OS. The molecule has 2 N–H and O–H groups in total. The van der Waals surface area contributed by atoms with E-state index in [4.69, 9.17) is 23.2 Å². The molecule has 1 aromatic heterocycles. The summed E-state index contributed by atoms with van der Waals surface area (Å²) in [6.45, 7) is 0. The molecular weight excluding hydrogens is 269 g/mol. The van der Waals surface area contributed by atoms with Crippen LogP contribution in [-0.4, -0.2) is 18.1 Å². The van der Waals surface area contributed by atoms with Gasteiger partial charge in [0.15, 0.2) is 5.13 Å². The number of amides is 2. The maximum Gasteiger partial charge on any atom is 0.320 e. The standard InChI is InChI=1S/C9H7Cl2N3OS/c1-12-8(15)14-9-13-6-2-4(10)5(11)3-7(6)16-9/h2-3H,1H3,(H2,12,13,14,15). The van der Waals surface area contributed by atoms with E-state index in [-0.39, 0.29) is 6.03 Å². The quantitative estimate of drug-likeness (QED) is 0.839. The molecule has 2 aromatic rings. The molecule has 0 bridgehead atoms. The number of carbonyl (C=O) groups is 1. The van der Waals surface area contributed by atoms with Gasteiger partial charge in [0.25, 0.3) is 0 Å². The molecule has 0 aliphatic heterocycles. The second-order valence-electron chi connectivity index (χ2n) is 2.96. The second kappa shape index (κ2) is 4.45. The van der Waals surface area contributed by atoms with Crippen LogP contribution >= 0.6 is 34.5 Å². The van der Waals surface area contributed by atoms with Crippen molar-refractivity contribution in [2.45, 2.75) is 0 Å². The summed E-state index contributed by atoms with van der Waals surface area (Å²) in [5.74, 6) is 0. The van der Waals surface area contributed by atoms with Crippen molar-refractivity contribution in [3.63, 3.8) is 0 Å². The molecule has 0 aliphatic rings. The summed E-state index contributed by atoms with van der Waals surface area (Å²) in [6.07, 6.45) is 0. The number of nitrogens with one attached hydrogen (secondary N) is 2. The van der Waals surface area contributed by atoms with E-state index in [9.17, 15) is 4.79 Å². The Hall–Kier alpha value is -1.04. The molecule has 2 amide bonds. The molecule has 0 atom stereocenters. The van der Waals surface area contributed by atoms with E-state index >= 15 is 0 Å². The normalized spacial score (nSPS) is 10.4. The van der Waals surface area contributed by atoms with Crippen molar-refractivity contribution in [1.29, 1.82) is 0 Å². The van der Waals surface area contributed by atoms with E-state index in [1.807, 2.05) is 0 Å². The van der Waals surface area contributed by atoms with Crippen LogP contribution in [0, 0.1) is 0 Å². The molecule has 0 aliphatic carbocycles. The molecule has 0 spiro atoms. The summed E-state index contributed by atoms with van der Waals surface area (Å²) in [7, 11) is 1.54. The van der Waals surface area contributed by atoms with Gasteiger partial charge in [-0.2, -0.15) is 0 Å². The number of halogens is 2. The summed E-state index contributed by atoms with van der Waals surface area (Å²) in [6, 6.07) is 3.09. The first kappa shape index (κ1) is 11.4. The molecule has 0 unspecified atom stereocenters. The first-order chi connectivity index (χ1) is 7.60. The number of rotatable bonds is 1. The smallest absolute Gasteiger partial charge is 0.320 e. The van der Waals surface area contributed by atoms with Gasteiger partial charge >= 0.3 is 6.03 Å². The zero-order chi connectivity index (χ0) is 11.7. The van der Waals surface area contributed by atoms with Gasteiger partial charge in [0.1, 0.15) is 0 Å². The highest BCUT2D eigenvalue weighted by atomic mass is 35.5. The number of hydrogen-bond acceptors (Lipinski definition) is 3. The van der Waals surface area contributed by atoms with Gasteiger partial charge in [-0.05, 0) is 12.1 Å². The topological polar surface area (TPSA) is 54.0 Å². The molecule has 4 nitrogen and oxygen atoms in total. The first-order valence-electron chi connectivity index (χ1n) is 4.34. The lowest BCUT2D eigenvalue weighted by Gasteiger charge is -1.97. The number of anilines is 1. The Kier molecular flexibility index (Phi) is 3.18. The van der Waals surface area contributed by atoms with Crippen LogP contribution in [0.5, 0.6) is 0 Å². The highest BCUT2D eigenvalue weighted by Gasteiger charge is 2.08. The number of aromatic nitrogens is 1. The lowest BCUT2D eigenvalue weighted by atomic mass is 10.3. The predicted molar refractivity (Wildman–Crippen MR) is 67.7 cm³/mol. The lowest BCUT2D eigenvalue weighted by Crippen LogP contribution is -2.24. The summed E-state index contributed by atoms with van der Waals surface area (Å²) in [5, 5.41) is 6.47. The Morgan fingerprint density at radius 2 is 2.06 bits per heavy atom. The van der Waals surface area contributed by atoms with Gasteiger partial charge in [0.05, 0.1) is 20.3 Å². The van der Waals surface area contributed by atoms with E-state index in [1.165, 1.54) is 18.4 Å². The van der Waals surface area contributed by atoms with E-state index < -0.39 is 0 Å². The van der Waals surface area contributed by atoms with E-state index in [1.54, 1.807) is 12.1 Å². The van der Waals surface area contributed by atoms with Crippen LogP contribution in [0.15, 0.2) is 12.1 Å². The van der Waals surface area contributed by atoms with Gasteiger partial charge in [0.2, 0.25) is 0 Å². The Labute approximate surface area is 106 Å². The number of nitrogens with zero attached hydrogens (tertiary/aromatic N) is 1. The average Bonchev–Trinajstić information content (AvgIpc) is 2.60. The summed E-state index contributed by atoms with van der Waals surface area (Å²) in [5.41, 5.74) is 0.714. The number of fused-ring (bicyclic) bond motifs is 1. The van der Waals surface area contributed by atoms with Crippen LogP contribution in [0.3, 0.4) is 0 Å². The predicted octanol–water partition coefficient (Wildman–Crippen LogP) is 3.35. The number of thiazole rings is 1. The van der Waals surface area contributed by atoms with Crippen molar-refractivity contribution >= 4 is 55.9 Å². The van der Waals surface area contributed by atoms with Gasteiger partial charge < -0.3 is 5.32 Å². The molecule has 1 aromatic carbocycles. The summed E-state index contributed by atoms with van der Waals surface area (Å²) in [4.78, 5) is 15.3. The van der Waals surface area contributed by atoms with E-state index in [2.05, 4.69) is 15.6 Å². The third-order valence-electron chi connectivity index (χ3n) is 1.88. The second-order valence-corrected chi connectivity index (χ2v) is 4.80. The molecule has 2 rings (SSSR count). The minimum absolute atomic E-state index is 0.309. The highest BCUT2D eigenvalue weighted by molar-refractivity contribution is 7.22. The molecule has 0 saturated carbocycles. The van der Waals surface area contributed by atoms with Gasteiger partial charge in [0, 0.05) is 7.05 Å². The van der Waals surface area contributed by atoms with Crippen LogP contribution in [0.4, 0.5) is 9.93 Å². The summed E-state index contributed by atoms with van der Waals surface area (Å²) >= 11 is 13.1. The van der Waals surface area contributed by atoms with Gasteiger partial charge in [-0.25, -0.2) is 9.78 Å². The molecule has 7 heteroatoms. The van der Waals surface area contributed by atoms with Crippen molar-refractivity contribution in [3.8, 4) is 0 Å². The Morgan fingerprint density at radius 1 is 1.38 bits per heavy atom. The minimum atomic E-state index is -0.309. The van der Waals surface area contributed by atoms with Crippen LogP contribution < -0.4 is 10.6 Å². The van der Waals surface area contributed by atoms with Crippen molar-refractivity contribution in [3.05, 3.63) is 22.2 Å². The van der Waals surface area contributed by atoms with E-state index in [0.29, 0.717) is 20.7 Å². The fourth-order valence-corrected chi connectivity index (χ4v) is 2.40. The Bertz CT molecular complexity index is 516. The minimum Gasteiger partial charge on any atom is -0.341 e. The molecule has 84 valence electrons. The molecule has 16 heavy (non-hydrogen) atoms. The fraction of sp³-hybridized carbons (Fsp3) is 0.111. The van der Waals surface area contributed by atoms with Crippen LogP contribution in [0.1, 0.15) is 0 Å². The molecule has 1 heterocycles. The number of carbonyl (C=O) groups excluding carboxylic acids is 1. The zero-order valence-electron chi connectivity index (χ0n) is 8.17. The maximum atomic E-state index is 11.1. The van der Waals surface area contributed by atoms with Crippen molar-refractivity contribution in [2.75, 3.05) is 12.4 Å². The third-order valence-corrected chi connectivity index (χ3v) is 3.53. The monoisotopic (exact) mass is 275 g/mol. The number of benzene rings is 1. The Morgan fingerprint density at radius 3 is 2.75 bits per heavy atom. The van der Waals surface area contributed by atoms with Crippen LogP contribution in [0.25, 0.3) is 10.2 Å². The van der Waals surface area contributed by atoms with Crippen molar-refractivity contribution < 1.29 is 4.79 Å². The zero-order valence-corrected chi connectivity index (χ0v) is 10.5. The van der Waals surface area contributed by atoms with Gasteiger partial charge in [-0.1, -0.05) is 34.5 Å².